The molecule has 5 rings (SSSR count). The first-order valence-electron chi connectivity index (χ1n) is 13.6. The van der Waals surface area contributed by atoms with Gasteiger partial charge in [0, 0.05) is 30.8 Å². The standard InChI is InChI=1S/C31H34F5NO2S/c1-40(34,35,36)25-12-8-21(9-13-25)26-4-2-5-28-27(14-15-29(38)31(28)33)30(26)22-6-10-23(11-7-22)39-24-16-19-37(20-24)18-3-17-32/h6-15,24,38,40H,2-5,16-20H2,1H3/t24-/m0/s1. The van der Waals surface area contributed by atoms with E-state index in [0.717, 1.165) is 48.4 Å². The number of halogens is 5. The molecule has 3 aromatic rings. The second-order valence-corrected chi connectivity index (χ2v) is 13.6. The molecule has 0 amide bonds. The van der Waals surface area contributed by atoms with E-state index in [1.165, 1.54) is 18.2 Å². The number of rotatable bonds is 8. The number of phenols is 1. The first-order chi connectivity index (χ1) is 19.0. The second-order valence-electron chi connectivity index (χ2n) is 10.8. The number of hydrogen-bond donors (Lipinski definition) is 2. The van der Waals surface area contributed by atoms with Crippen molar-refractivity contribution in [2.45, 2.75) is 43.1 Å². The molecule has 40 heavy (non-hydrogen) atoms. The Bertz CT molecular complexity index is 1390. The van der Waals surface area contributed by atoms with Gasteiger partial charge in [0.15, 0.2) is 11.6 Å². The summed E-state index contributed by atoms with van der Waals surface area (Å²) < 4.78 is 75.8. The molecular formula is C31H34F5NO2S. The van der Waals surface area contributed by atoms with Gasteiger partial charge in [-0.2, -0.15) is 11.7 Å². The van der Waals surface area contributed by atoms with Crippen molar-refractivity contribution in [3.05, 3.63) is 88.7 Å². The van der Waals surface area contributed by atoms with Crippen molar-refractivity contribution < 1.29 is 30.3 Å². The van der Waals surface area contributed by atoms with Gasteiger partial charge in [-0.1, -0.05) is 30.3 Å². The van der Waals surface area contributed by atoms with E-state index < -0.39 is 26.8 Å². The average Bonchev–Trinajstić information content (AvgIpc) is 3.27. The van der Waals surface area contributed by atoms with Gasteiger partial charge >= 0.3 is 0 Å². The van der Waals surface area contributed by atoms with Crippen LogP contribution in [0.1, 0.15) is 47.9 Å². The van der Waals surface area contributed by atoms with Crippen LogP contribution in [-0.2, 0) is 6.42 Å². The zero-order valence-corrected chi connectivity index (χ0v) is 23.2. The Balaban J connectivity index is 1.51. The molecule has 3 nitrogen and oxygen atoms in total. The van der Waals surface area contributed by atoms with Crippen molar-refractivity contribution in [3.8, 4) is 11.5 Å². The van der Waals surface area contributed by atoms with Crippen LogP contribution >= 0.6 is 10.3 Å². The fourth-order valence-corrected chi connectivity index (χ4v) is 6.47. The van der Waals surface area contributed by atoms with E-state index in [9.17, 15) is 21.2 Å². The van der Waals surface area contributed by atoms with Crippen molar-refractivity contribution >= 4 is 21.5 Å². The molecule has 1 N–H and O–H groups in total. The fourth-order valence-electron chi connectivity index (χ4n) is 5.69. The largest absolute Gasteiger partial charge is 0.505 e. The average molecular weight is 580 g/mol. The highest BCUT2D eigenvalue weighted by molar-refractivity contribution is 8.37. The van der Waals surface area contributed by atoms with E-state index in [4.69, 9.17) is 4.74 Å². The van der Waals surface area contributed by atoms with Crippen LogP contribution in [0.25, 0.3) is 11.1 Å². The topological polar surface area (TPSA) is 32.7 Å². The summed E-state index contributed by atoms with van der Waals surface area (Å²) in [5.74, 6) is -0.406. The Kier molecular flexibility index (Phi) is 7.90. The van der Waals surface area contributed by atoms with Crippen molar-refractivity contribution in [2.75, 3.05) is 32.6 Å². The van der Waals surface area contributed by atoms with Gasteiger partial charge in [-0.25, -0.2) is 4.39 Å². The molecule has 216 valence electrons. The lowest BCUT2D eigenvalue weighted by Gasteiger charge is -2.33. The Hall–Kier alpha value is -3.04. The number of fused-ring (bicyclic) bond motifs is 1. The lowest BCUT2D eigenvalue weighted by Crippen LogP contribution is -2.26. The summed E-state index contributed by atoms with van der Waals surface area (Å²) in [5.41, 5.74) is 4.02. The van der Waals surface area contributed by atoms with Crippen LogP contribution in [0.3, 0.4) is 0 Å². The van der Waals surface area contributed by atoms with Crippen LogP contribution in [0, 0.1) is 5.82 Å². The number of allylic oxidation sites excluding steroid dienone is 1. The summed E-state index contributed by atoms with van der Waals surface area (Å²) in [6.45, 7) is 1.98. The molecule has 2 aliphatic rings. The summed E-state index contributed by atoms with van der Waals surface area (Å²) in [6, 6.07) is 15.8. The lowest BCUT2D eigenvalue weighted by molar-refractivity contribution is 0.198. The van der Waals surface area contributed by atoms with Crippen LogP contribution in [0.2, 0.25) is 0 Å². The van der Waals surface area contributed by atoms with E-state index in [1.807, 2.05) is 24.3 Å². The SMILES string of the molecule is C[SH](F)(F)(F)c1ccc(C2=C(c3ccc(O[C@H]4CCN(CCCF)C4)cc3)c3ccc(O)c(F)c3CCC2)cc1. The number of benzene rings is 3. The molecule has 0 unspecified atom stereocenters. The fraction of sp³-hybridized carbons (Fsp3) is 0.355. The smallest absolute Gasteiger partial charge is 0.168 e. The molecule has 0 aromatic heterocycles. The monoisotopic (exact) mass is 579 g/mol. The summed E-state index contributed by atoms with van der Waals surface area (Å²) >= 11 is 0. The van der Waals surface area contributed by atoms with Crippen LogP contribution < -0.4 is 4.74 Å². The van der Waals surface area contributed by atoms with Crippen LogP contribution in [-0.4, -0.2) is 48.7 Å². The number of nitrogens with zero attached hydrogens (tertiary/aromatic N) is 1. The number of alkyl halides is 1. The number of aromatic hydroxyl groups is 1. The summed E-state index contributed by atoms with van der Waals surface area (Å²) in [4.78, 5) is 1.58. The quantitative estimate of drug-likeness (QED) is 0.208. The third kappa shape index (κ3) is 6.15. The molecule has 0 bridgehead atoms. The molecule has 0 spiro atoms. The van der Waals surface area contributed by atoms with Gasteiger partial charge in [0.1, 0.15) is 11.9 Å². The third-order valence-electron chi connectivity index (χ3n) is 7.70. The zero-order valence-electron chi connectivity index (χ0n) is 22.4. The highest BCUT2D eigenvalue weighted by atomic mass is 32.4. The van der Waals surface area contributed by atoms with Crippen LogP contribution in [0.4, 0.5) is 20.4 Å². The van der Waals surface area contributed by atoms with Gasteiger partial charge in [-0.05, 0) is 95.8 Å². The molecule has 9 heteroatoms. The van der Waals surface area contributed by atoms with Gasteiger partial charge in [-0.3, -0.25) is 9.29 Å². The van der Waals surface area contributed by atoms with E-state index >= 15 is 4.39 Å². The predicted octanol–water partition coefficient (Wildman–Crippen LogP) is 8.35. The summed E-state index contributed by atoms with van der Waals surface area (Å²) in [7, 11) is -6.40. The molecule has 1 atom stereocenters. The molecule has 1 heterocycles. The predicted molar refractivity (Wildman–Crippen MR) is 152 cm³/mol. The number of thiol groups is 1. The Morgan fingerprint density at radius 3 is 2.33 bits per heavy atom. The van der Waals surface area contributed by atoms with Gasteiger partial charge in [0.05, 0.1) is 17.0 Å². The highest BCUT2D eigenvalue weighted by Gasteiger charge is 2.34. The maximum absolute atomic E-state index is 15.1. The molecular weight excluding hydrogens is 545 g/mol. The first kappa shape index (κ1) is 28.5. The Morgan fingerprint density at radius 1 is 0.950 bits per heavy atom. The van der Waals surface area contributed by atoms with E-state index in [2.05, 4.69) is 4.90 Å². The molecule has 1 fully saturated rings. The zero-order chi connectivity index (χ0) is 28.5. The van der Waals surface area contributed by atoms with Crippen LogP contribution in [0.15, 0.2) is 65.6 Å². The van der Waals surface area contributed by atoms with E-state index in [1.54, 1.807) is 6.07 Å². The van der Waals surface area contributed by atoms with Gasteiger partial charge in [0.25, 0.3) is 0 Å². The molecule has 1 aliphatic heterocycles. The lowest BCUT2D eigenvalue weighted by atomic mass is 9.87. The molecule has 3 aromatic carbocycles. The number of hydrogen-bond acceptors (Lipinski definition) is 3. The third-order valence-corrected chi connectivity index (χ3v) is 9.10. The van der Waals surface area contributed by atoms with Gasteiger partial charge in [-0.15, -0.1) is 0 Å². The van der Waals surface area contributed by atoms with Crippen molar-refractivity contribution in [3.63, 3.8) is 0 Å². The van der Waals surface area contributed by atoms with Gasteiger partial charge in [0.2, 0.25) is 0 Å². The normalized spacial score (nSPS) is 19.1. The molecule has 1 aliphatic carbocycles. The minimum Gasteiger partial charge on any atom is -0.505 e. The van der Waals surface area contributed by atoms with Crippen LogP contribution in [0.5, 0.6) is 11.5 Å². The van der Waals surface area contributed by atoms with Crippen molar-refractivity contribution in [2.24, 2.45) is 0 Å². The van der Waals surface area contributed by atoms with Crippen molar-refractivity contribution in [1.82, 2.24) is 4.90 Å². The van der Waals surface area contributed by atoms with E-state index in [-0.39, 0.29) is 12.8 Å². The van der Waals surface area contributed by atoms with E-state index in [0.29, 0.717) is 60.9 Å². The second kappa shape index (κ2) is 11.1. The highest BCUT2D eigenvalue weighted by Crippen LogP contribution is 2.77. The number of phenolic OH excluding ortho intramolecular Hbond substituents is 1. The first-order valence-corrected chi connectivity index (χ1v) is 15.9. The summed E-state index contributed by atoms with van der Waals surface area (Å²) in [6.07, 6.45) is 3.25. The Labute approximate surface area is 232 Å². The van der Waals surface area contributed by atoms with Gasteiger partial charge < -0.3 is 9.84 Å². The Morgan fingerprint density at radius 2 is 1.65 bits per heavy atom. The minimum absolute atomic E-state index is 0.00765. The van der Waals surface area contributed by atoms with Crippen molar-refractivity contribution in [1.29, 1.82) is 0 Å². The molecule has 1 saturated heterocycles. The molecule has 0 saturated carbocycles. The maximum atomic E-state index is 15.1. The number of ether oxygens (including phenoxy) is 1. The number of likely N-dealkylation sites (tertiary alicyclic amines) is 1. The molecule has 0 radical (unpaired) electrons. The minimum atomic E-state index is -6.40. The summed E-state index contributed by atoms with van der Waals surface area (Å²) in [5, 5.41) is 10.0. The maximum Gasteiger partial charge on any atom is 0.168 e.